The fourth-order valence-corrected chi connectivity index (χ4v) is 7.54. The van der Waals surface area contributed by atoms with Crippen molar-refractivity contribution in [2.75, 3.05) is 42.0 Å². The second-order valence-electron chi connectivity index (χ2n) is 12.3. The maximum absolute atomic E-state index is 13.1. The van der Waals surface area contributed by atoms with Crippen molar-refractivity contribution in [1.82, 2.24) is 9.80 Å². The van der Waals surface area contributed by atoms with Gasteiger partial charge in [0.2, 0.25) is 0 Å². The van der Waals surface area contributed by atoms with Crippen molar-refractivity contribution in [2.24, 2.45) is 0 Å². The Labute approximate surface area is 265 Å². The molecule has 4 atom stereocenters. The van der Waals surface area contributed by atoms with Crippen LogP contribution in [-0.4, -0.2) is 69.9 Å². The van der Waals surface area contributed by atoms with E-state index in [2.05, 4.69) is 48.2 Å². The van der Waals surface area contributed by atoms with Crippen LogP contribution in [0, 0.1) is 11.3 Å². The molecule has 3 aliphatic rings. The monoisotopic (exact) mass is 607 g/mol. The van der Waals surface area contributed by atoms with Gasteiger partial charge in [-0.1, -0.05) is 24.3 Å². The summed E-state index contributed by atoms with van der Waals surface area (Å²) in [4.78, 5) is 17.7. The number of rotatable bonds is 8. The summed E-state index contributed by atoms with van der Waals surface area (Å²) in [6.07, 6.45) is 7.81. The van der Waals surface area contributed by atoms with Crippen LogP contribution in [0.5, 0.6) is 17.2 Å². The van der Waals surface area contributed by atoms with Crippen molar-refractivity contribution in [3.63, 3.8) is 0 Å². The van der Waals surface area contributed by atoms with Crippen LogP contribution < -0.4 is 14.2 Å². The van der Waals surface area contributed by atoms with Gasteiger partial charge in [-0.25, -0.2) is 4.79 Å². The number of nitrogens with zero attached hydrogens (tertiary/aromatic N) is 3. The van der Waals surface area contributed by atoms with E-state index in [1.807, 2.05) is 30.3 Å². The van der Waals surface area contributed by atoms with Gasteiger partial charge in [-0.15, -0.1) is 0 Å². The molecule has 234 valence electrons. The van der Waals surface area contributed by atoms with Crippen molar-refractivity contribution in [2.45, 2.75) is 56.3 Å². The van der Waals surface area contributed by atoms with Gasteiger partial charge >= 0.3 is 5.97 Å². The van der Waals surface area contributed by atoms with Crippen LogP contribution in [0.4, 0.5) is 0 Å². The molecule has 3 aromatic rings. The first-order chi connectivity index (χ1) is 21.8. The molecule has 0 spiro atoms. The standard InChI is InChI=1S/C37H41N3O5/c1-39(2)37-31-20-35(44-5)34(43-4)19-27(31)16-28(21-38)40-32(37)18-26-15-24-7-6-8-25(24)17-30(26)33(40)22-45-36(41)14-11-23-9-12-29(42-3)13-10-23/h9-15,17,19-20,28,32-33,37H,6-8,16,18,22H2,1-5H3/b14-11+/t28-,32?,33+,37-/m1/s1. The highest BCUT2D eigenvalue weighted by molar-refractivity contribution is 5.87. The fourth-order valence-electron chi connectivity index (χ4n) is 7.54. The number of nitriles is 1. The molecule has 0 saturated carbocycles. The molecule has 0 N–H and O–H groups in total. The summed E-state index contributed by atoms with van der Waals surface area (Å²) in [5, 5.41) is 10.7. The fraction of sp³-hybridized carbons (Fsp3) is 0.405. The van der Waals surface area contributed by atoms with Crippen LogP contribution in [-0.2, 0) is 35.2 Å². The highest BCUT2D eigenvalue weighted by atomic mass is 16.5. The minimum absolute atomic E-state index is 0.0329. The van der Waals surface area contributed by atoms with Crippen LogP contribution in [0.2, 0.25) is 0 Å². The molecule has 3 aromatic carbocycles. The van der Waals surface area contributed by atoms with Crippen LogP contribution >= 0.6 is 0 Å². The Balaban J connectivity index is 1.39. The van der Waals surface area contributed by atoms with Gasteiger partial charge in [-0.2, -0.15) is 5.26 Å². The summed E-state index contributed by atoms with van der Waals surface area (Å²) >= 11 is 0. The van der Waals surface area contributed by atoms with Crippen molar-refractivity contribution < 1.29 is 23.7 Å². The SMILES string of the molecule is COc1ccc(/C=C/C(=O)OC[C@H]2c3cc4c(cc3CC3[C@H](N(C)C)c5cc(OC)c(OC)cc5C[C@H](C#N)N32)CCC4)cc1. The number of ether oxygens (including phenoxy) is 4. The number of methoxy groups -OCH3 is 3. The van der Waals surface area contributed by atoms with Crippen LogP contribution in [0.3, 0.4) is 0 Å². The Bertz CT molecular complexity index is 1640. The molecule has 0 bridgehead atoms. The van der Waals surface area contributed by atoms with Crippen LogP contribution in [0.1, 0.15) is 57.4 Å². The summed E-state index contributed by atoms with van der Waals surface area (Å²) in [5.74, 6) is 1.67. The normalized spacial score (nSPS) is 22.1. The summed E-state index contributed by atoms with van der Waals surface area (Å²) in [6, 6.07) is 18.2. The van der Waals surface area contributed by atoms with E-state index in [9.17, 15) is 10.1 Å². The predicted molar refractivity (Wildman–Crippen MR) is 173 cm³/mol. The minimum atomic E-state index is -0.434. The molecule has 6 rings (SSSR count). The van der Waals surface area contributed by atoms with E-state index in [1.54, 1.807) is 27.4 Å². The third-order valence-corrected chi connectivity index (χ3v) is 9.60. The Hall–Kier alpha value is -4.32. The molecule has 0 saturated heterocycles. The molecule has 2 heterocycles. The second-order valence-corrected chi connectivity index (χ2v) is 12.3. The zero-order chi connectivity index (χ0) is 31.7. The van der Waals surface area contributed by atoms with E-state index in [4.69, 9.17) is 18.9 Å². The third-order valence-electron chi connectivity index (χ3n) is 9.60. The van der Waals surface area contributed by atoms with Gasteiger partial charge in [0.1, 0.15) is 18.4 Å². The summed E-state index contributed by atoms with van der Waals surface area (Å²) in [6.45, 7) is 0.148. The van der Waals surface area contributed by atoms with E-state index in [0.717, 1.165) is 53.7 Å². The van der Waals surface area contributed by atoms with E-state index in [1.165, 1.54) is 22.8 Å². The average Bonchev–Trinajstić information content (AvgIpc) is 3.46. The first-order valence-electron chi connectivity index (χ1n) is 15.6. The Kier molecular flexibility index (Phi) is 8.84. The Morgan fingerprint density at radius 3 is 2.27 bits per heavy atom. The van der Waals surface area contributed by atoms with E-state index < -0.39 is 12.0 Å². The maximum Gasteiger partial charge on any atom is 0.330 e. The van der Waals surface area contributed by atoms with Crippen molar-refractivity contribution >= 4 is 12.0 Å². The largest absolute Gasteiger partial charge is 0.497 e. The zero-order valence-corrected chi connectivity index (χ0v) is 26.7. The highest BCUT2D eigenvalue weighted by Gasteiger charge is 2.47. The number of likely N-dealkylation sites (N-methyl/N-ethyl adjacent to an activating group) is 1. The molecular weight excluding hydrogens is 566 g/mol. The van der Waals surface area contributed by atoms with Gasteiger partial charge in [0.15, 0.2) is 11.5 Å². The topological polar surface area (TPSA) is 84.3 Å². The first kappa shape index (κ1) is 30.7. The van der Waals surface area contributed by atoms with Gasteiger partial charge < -0.3 is 23.8 Å². The molecule has 1 unspecified atom stereocenters. The van der Waals surface area contributed by atoms with Crippen molar-refractivity contribution in [3.05, 3.63) is 93.6 Å². The summed E-state index contributed by atoms with van der Waals surface area (Å²) in [5.41, 5.74) is 8.30. The Morgan fingerprint density at radius 1 is 0.911 bits per heavy atom. The molecule has 1 aliphatic carbocycles. The molecule has 8 nitrogen and oxygen atoms in total. The zero-order valence-electron chi connectivity index (χ0n) is 26.7. The van der Waals surface area contributed by atoms with E-state index in [0.29, 0.717) is 17.9 Å². The first-order valence-corrected chi connectivity index (χ1v) is 15.6. The third kappa shape index (κ3) is 5.90. The van der Waals surface area contributed by atoms with E-state index >= 15 is 0 Å². The molecule has 0 aromatic heterocycles. The number of carbonyl (C=O) groups excluding carboxylic acids is 1. The highest BCUT2D eigenvalue weighted by Crippen LogP contribution is 2.47. The van der Waals surface area contributed by atoms with Gasteiger partial charge in [0.05, 0.1) is 39.5 Å². The lowest BCUT2D eigenvalue weighted by Gasteiger charge is -2.48. The van der Waals surface area contributed by atoms with Gasteiger partial charge in [-0.3, -0.25) is 4.90 Å². The number of hydrogen-bond acceptors (Lipinski definition) is 8. The lowest BCUT2D eigenvalue weighted by atomic mass is 9.81. The molecular formula is C37H41N3O5. The molecule has 0 fully saturated rings. The lowest BCUT2D eigenvalue weighted by Crippen LogP contribution is -2.54. The van der Waals surface area contributed by atoms with Crippen molar-refractivity contribution in [3.8, 4) is 23.3 Å². The lowest BCUT2D eigenvalue weighted by molar-refractivity contribution is -0.140. The van der Waals surface area contributed by atoms with Crippen LogP contribution in [0.15, 0.2) is 54.6 Å². The quantitative estimate of drug-likeness (QED) is 0.246. The molecule has 0 amide bonds. The number of aryl methyl sites for hydroxylation is 2. The smallest absolute Gasteiger partial charge is 0.330 e. The number of carbonyl (C=O) groups is 1. The number of benzene rings is 3. The molecule has 8 heteroatoms. The molecule has 45 heavy (non-hydrogen) atoms. The maximum atomic E-state index is 13.1. The number of fused-ring (bicyclic) bond motifs is 4. The molecule has 0 radical (unpaired) electrons. The van der Waals surface area contributed by atoms with Gasteiger partial charge in [0.25, 0.3) is 0 Å². The summed E-state index contributed by atoms with van der Waals surface area (Å²) in [7, 11) is 9.10. The van der Waals surface area contributed by atoms with Crippen LogP contribution in [0.25, 0.3) is 6.08 Å². The Morgan fingerprint density at radius 2 is 1.60 bits per heavy atom. The predicted octanol–water partition coefficient (Wildman–Crippen LogP) is 5.48. The number of esters is 1. The molecule has 2 aliphatic heterocycles. The summed E-state index contributed by atoms with van der Waals surface area (Å²) < 4.78 is 22.6. The number of hydrogen-bond donors (Lipinski definition) is 0. The average molecular weight is 608 g/mol. The van der Waals surface area contributed by atoms with Crippen molar-refractivity contribution in [1.29, 1.82) is 5.26 Å². The van der Waals surface area contributed by atoms with E-state index in [-0.39, 0.29) is 24.7 Å². The van der Waals surface area contributed by atoms with Gasteiger partial charge in [0, 0.05) is 18.5 Å². The minimum Gasteiger partial charge on any atom is -0.497 e. The van der Waals surface area contributed by atoms with Gasteiger partial charge in [-0.05, 0) is 109 Å². The second kappa shape index (κ2) is 13.0.